The first-order chi connectivity index (χ1) is 1.73. The molecule has 1 atom stereocenters. The second-order valence-electron chi connectivity index (χ2n) is 0.574. The van der Waals surface area contributed by atoms with Crippen LogP contribution in [-0.2, 0) is 0 Å². The summed E-state index contributed by atoms with van der Waals surface area (Å²) in [6, 6.07) is 0. The van der Waals surface area contributed by atoms with E-state index < -0.39 is 0 Å². The van der Waals surface area contributed by atoms with Gasteiger partial charge in [0.25, 0.3) is 0 Å². The molecule has 0 rings (SSSR count). The van der Waals surface area contributed by atoms with E-state index in [1.165, 1.54) is 0 Å². The first-order valence-corrected chi connectivity index (χ1v) is 2.30. The highest BCUT2D eigenvalue weighted by Crippen LogP contribution is 1.86. The van der Waals surface area contributed by atoms with Crippen LogP contribution in [0.25, 0.3) is 0 Å². The Bertz CT molecular complexity index is 14.4. The van der Waals surface area contributed by atoms with Crippen molar-refractivity contribution in [2.45, 2.75) is 11.0 Å². The fourth-order valence-electron chi connectivity index (χ4n) is 0. The highest BCUT2D eigenvalue weighted by molar-refractivity contribution is 14.1. The predicted molar refractivity (Wildman–Crippen MR) is 31.5 cm³/mol. The van der Waals surface area contributed by atoms with Crippen LogP contribution in [0.2, 0.25) is 0 Å². The van der Waals surface area contributed by atoms with Crippen LogP contribution in [0.15, 0.2) is 0 Å². The summed E-state index contributed by atoms with van der Waals surface area (Å²) in [6.45, 7) is 1.71. The molecule has 1 unspecified atom stereocenters. The van der Waals surface area contributed by atoms with Gasteiger partial charge in [-0.25, -0.2) is 0 Å². The summed E-state index contributed by atoms with van der Waals surface area (Å²) in [4.78, 5) is 0. The second-order valence-corrected chi connectivity index (χ2v) is 2.38. The first kappa shape index (κ1) is 9.52. The maximum Gasteiger partial charge on any atom is 0.102 e. The molecule has 0 amide bonds. The molecular weight excluding hydrogens is 194 g/mol. The Balaban J connectivity index is 0. The van der Waals surface area contributed by atoms with Crippen molar-refractivity contribution in [2.75, 3.05) is 0 Å². The largest absolute Gasteiger partial charge is 0.383 e. The van der Waals surface area contributed by atoms with Crippen LogP contribution in [0, 0.1) is 0 Å². The maximum atomic E-state index is 8.04. The minimum atomic E-state index is -0.197. The molecule has 0 aliphatic rings. The zero-order chi connectivity index (χ0) is 3.58. The van der Waals surface area contributed by atoms with Crippen LogP contribution in [-0.4, -0.2) is 26.6 Å². The summed E-state index contributed by atoms with van der Waals surface area (Å²) in [5.41, 5.74) is 0. The molecule has 0 aromatic heterocycles. The minimum absolute atomic E-state index is 0. The summed E-state index contributed by atoms with van der Waals surface area (Å²) >= 11 is 1.90. The Morgan fingerprint density at radius 1 is 1.80 bits per heavy atom. The average Bonchev–Trinajstić information content (AvgIpc) is 0.811. The van der Waals surface area contributed by atoms with Crippen LogP contribution in [0.4, 0.5) is 0 Å². The van der Waals surface area contributed by atoms with E-state index in [0.717, 1.165) is 0 Å². The fraction of sp³-hybridized carbons (Fsp3) is 1.00. The van der Waals surface area contributed by atoms with Gasteiger partial charge in [0.15, 0.2) is 0 Å². The van der Waals surface area contributed by atoms with Gasteiger partial charge in [-0.15, -0.1) is 0 Å². The fourth-order valence-corrected chi connectivity index (χ4v) is 0. The number of halogens is 1. The lowest BCUT2D eigenvalue weighted by Crippen LogP contribution is -1.77. The summed E-state index contributed by atoms with van der Waals surface area (Å²) < 4.78 is -0.197. The molecular formula is C2H5AlIO. The number of hydrogen-bond donors (Lipinski definition) is 1. The van der Waals surface area contributed by atoms with Gasteiger partial charge in [0.05, 0.1) is 0 Å². The lowest BCUT2D eigenvalue weighted by molar-refractivity contribution is 0.299. The average molecular weight is 199 g/mol. The van der Waals surface area contributed by atoms with E-state index in [2.05, 4.69) is 0 Å². The number of aliphatic hydroxyl groups is 1. The van der Waals surface area contributed by atoms with Crippen LogP contribution in [0.3, 0.4) is 0 Å². The molecule has 29 valence electrons. The van der Waals surface area contributed by atoms with Crippen LogP contribution >= 0.6 is 22.6 Å². The molecule has 0 saturated heterocycles. The second kappa shape index (κ2) is 5.22. The van der Waals surface area contributed by atoms with Crippen molar-refractivity contribution >= 4 is 40.0 Å². The Labute approximate surface area is 56.0 Å². The van der Waals surface area contributed by atoms with Gasteiger partial charge in [0.2, 0.25) is 0 Å². The Morgan fingerprint density at radius 2 is 1.80 bits per heavy atom. The van der Waals surface area contributed by atoms with E-state index in [1.807, 2.05) is 22.6 Å². The zero-order valence-corrected chi connectivity index (χ0v) is 6.29. The maximum absolute atomic E-state index is 8.04. The van der Waals surface area contributed by atoms with Gasteiger partial charge in [-0.05, 0) is 6.92 Å². The van der Waals surface area contributed by atoms with Gasteiger partial charge in [0, 0.05) is 17.4 Å². The quantitative estimate of drug-likeness (QED) is 0.339. The topological polar surface area (TPSA) is 20.2 Å². The van der Waals surface area contributed by atoms with E-state index >= 15 is 0 Å². The zero-order valence-electron chi connectivity index (χ0n) is 2.98. The van der Waals surface area contributed by atoms with E-state index in [-0.39, 0.29) is 21.5 Å². The molecule has 0 saturated carbocycles. The minimum Gasteiger partial charge on any atom is -0.383 e. The Morgan fingerprint density at radius 3 is 1.80 bits per heavy atom. The van der Waals surface area contributed by atoms with E-state index in [0.29, 0.717) is 0 Å². The Kier molecular flexibility index (Phi) is 9.94. The third-order valence-corrected chi connectivity index (χ3v) is 0. The van der Waals surface area contributed by atoms with Crippen molar-refractivity contribution in [1.82, 2.24) is 0 Å². The van der Waals surface area contributed by atoms with Crippen LogP contribution < -0.4 is 0 Å². The molecule has 0 aliphatic heterocycles. The molecule has 0 fully saturated rings. The Hall–Kier alpha value is 1.22. The molecule has 3 radical (unpaired) electrons. The van der Waals surface area contributed by atoms with Crippen molar-refractivity contribution in [2.24, 2.45) is 0 Å². The van der Waals surface area contributed by atoms with Gasteiger partial charge >= 0.3 is 0 Å². The number of hydrogen-bond acceptors (Lipinski definition) is 1. The van der Waals surface area contributed by atoms with E-state index in [1.54, 1.807) is 6.92 Å². The third kappa shape index (κ3) is 36.3. The highest BCUT2D eigenvalue weighted by Gasteiger charge is 1.72. The van der Waals surface area contributed by atoms with E-state index in [9.17, 15) is 0 Å². The normalized spacial score (nSPS) is 12.6. The molecule has 0 heterocycles. The number of aliphatic hydroxyl groups excluding tert-OH is 1. The predicted octanol–water partition coefficient (Wildman–Crippen LogP) is 0.379. The monoisotopic (exact) mass is 199 g/mol. The molecule has 3 heteroatoms. The van der Waals surface area contributed by atoms with Gasteiger partial charge < -0.3 is 5.11 Å². The smallest absolute Gasteiger partial charge is 0.102 e. The van der Waals surface area contributed by atoms with Gasteiger partial charge in [-0.2, -0.15) is 0 Å². The van der Waals surface area contributed by atoms with Crippen molar-refractivity contribution in [3.8, 4) is 0 Å². The van der Waals surface area contributed by atoms with Crippen molar-refractivity contribution in [3.05, 3.63) is 0 Å². The molecule has 5 heavy (non-hydrogen) atoms. The SMILES string of the molecule is CC(O)I.[Al]. The first-order valence-electron chi connectivity index (χ1n) is 1.05. The number of rotatable bonds is 0. The molecule has 1 nitrogen and oxygen atoms in total. The van der Waals surface area contributed by atoms with Crippen molar-refractivity contribution in [1.29, 1.82) is 0 Å². The van der Waals surface area contributed by atoms with Gasteiger partial charge in [-0.3, -0.25) is 0 Å². The van der Waals surface area contributed by atoms with Gasteiger partial charge in [-0.1, -0.05) is 22.6 Å². The van der Waals surface area contributed by atoms with Crippen molar-refractivity contribution < 1.29 is 5.11 Å². The summed E-state index contributed by atoms with van der Waals surface area (Å²) in [5, 5.41) is 8.04. The summed E-state index contributed by atoms with van der Waals surface area (Å²) in [5.74, 6) is 0. The molecule has 1 N–H and O–H groups in total. The third-order valence-electron chi connectivity index (χ3n) is 0. The highest BCUT2D eigenvalue weighted by atomic mass is 127. The van der Waals surface area contributed by atoms with Crippen LogP contribution in [0.5, 0.6) is 0 Å². The van der Waals surface area contributed by atoms with Crippen molar-refractivity contribution in [3.63, 3.8) is 0 Å². The molecule has 0 aliphatic carbocycles. The van der Waals surface area contributed by atoms with Gasteiger partial charge in [0.1, 0.15) is 4.11 Å². The van der Waals surface area contributed by atoms with Crippen LogP contribution in [0.1, 0.15) is 6.92 Å². The molecule has 0 aromatic carbocycles. The lowest BCUT2D eigenvalue weighted by atomic mass is 10.9. The molecule has 0 aromatic rings. The summed E-state index contributed by atoms with van der Waals surface area (Å²) in [7, 11) is 0. The lowest BCUT2D eigenvalue weighted by Gasteiger charge is -1.77. The standard InChI is InChI=1S/C2H5IO.Al/c1-2(3)4;/h2,4H,1H3;. The number of alkyl halides is 1. The molecule has 0 spiro atoms. The molecule has 0 bridgehead atoms. The summed E-state index contributed by atoms with van der Waals surface area (Å²) in [6.07, 6.45) is 0. The van der Waals surface area contributed by atoms with E-state index in [4.69, 9.17) is 5.11 Å².